The maximum atomic E-state index is 5.49. The lowest BCUT2D eigenvalue weighted by Gasteiger charge is -2.17. The fourth-order valence-electron chi connectivity index (χ4n) is 1.68. The van der Waals surface area contributed by atoms with Crippen molar-refractivity contribution in [2.24, 2.45) is 0 Å². The van der Waals surface area contributed by atoms with E-state index in [0.717, 1.165) is 13.0 Å². The summed E-state index contributed by atoms with van der Waals surface area (Å²) < 4.78 is 11.0. The number of hydrogen-bond acceptors (Lipinski definition) is 3. The fourth-order valence-corrected chi connectivity index (χ4v) is 1.68. The van der Waals surface area contributed by atoms with Gasteiger partial charge in [-0.25, -0.2) is 0 Å². The third-order valence-corrected chi connectivity index (χ3v) is 2.55. The lowest BCUT2D eigenvalue weighted by atomic mass is 10.2. The Bertz CT molecular complexity index is 309. The number of hydrogen-bond donors (Lipinski definition) is 1. The van der Waals surface area contributed by atoms with Crippen molar-refractivity contribution in [1.29, 1.82) is 0 Å². The molecule has 0 aliphatic heterocycles. The van der Waals surface area contributed by atoms with E-state index in [0.29, 0.717) is 13.2 Å². The van der Waals surface area contributed by atoms with E-state index in [4.69, 9.17) is 9.47 Å². The smallest absolute Gasteiger partial charge is 0.159 e. The Balaban J connectivity index is 2.33. The molecule has 1 rings (SSSR count). The van der Waals surface area contributed by atoms with Crippen LogP contribution in [0.25, 0.3) is 0 Å². The summed E-state index contributed by atoms with van der Waals surface area (Å²) >= 11 is 0. The largest absolute Gasteiger partial charge is 0.385 e. The molecular formula is C14H23NO2. The van der Waals surface area contributed by atoms with Gasteiger partial charge in [-0.1, -0.05) is 18.2 Å². The molecule has 0 amide bonds. The molecule has 96 valence electrons. The summed E-state index contributed by atoms with van der Waals surface area (Å²) in [6.07, 6.45) is 0.761. The molecule has 0 bridgehead atoms. The summed E-state index contributed by atoms with van der Waals surface area (Å²) in [5, 5.41) is 3.40. The second-order valence-corrected chi connectivity index (χ2v) is 3.87. The third kappa shape index (κ3) is 5.20. The Morgan fingerprint density at radius 2 is 1.76 bits per heavy atom. The zero-order valence-electron chi connectivity index (χ0n) is 11.0. The number of para-hydroxylation sites is 1. The quantitative estimate of drug-likeness (QED) is 0.704. The second kappa shape index (κ2) is 8.09. The summed E-state index contributed by atoms with van der Waals surface area (Å²) in [4.78, 5) is 0. The molecule has 1 N–H and O–H groups in total. The second-order valence-electron chi connectivity index (χ2n) is 3.87. The molecule has 17 heavy (non-hydrogen) atoms. The predicted octanol–water partition coefficient (Wildman–Crippen LogP) is 3.20. The molecule has 0 aromatic heterocycles. The highest BCUT2D eigenvalue weighted by molar-refractivity contribution is 5.50. The van der Waals surface area contributed by atoms with Crippen molar-refractivity contribution >= 4 is 5.69 Å². The van der Waals surface area contributed by atoms with Crippen LogP contribution >= 0.6 is 0 Å². The van der Waals surface area contributed by atoms with Crippen LogP contribution in [0.15, 0.2) is 24.3 Å². The van der Waals surface area contributed by atoms with Crippen molar-refractivity contribution in [3.63, 3.8) is 0 Å². The SMILES string of the molecule is CCOC(CCNc1ccccc1C)OCC. The fraction of sp³-hybridized carbons (Fsp3) is 0.571. The van der Waals surface area contributed by atoms with Crippen LogP contribution in [-0.2, 0) is 9.47 Å². The van der Waals surface area contributed by atoms with Crippen molar-refractivity contribution < 1.29 is 9.47 Å². The molecule has 0 aliphatic rings. The lowest BCUT2D eigenvalue weighted by molar-refractivity contribution is -0.137. The standard InChI is InChI=1S/C14H23NO2/c1-4-16-14(17-5-2)10-11-15-13-9-7-6-8-12(13)3/h6-9,14-15H,4-5,10-11H2,1-3H3. The molecule has 0 saturated carbocycles. The van der Waals surface area contributed by atoms with Gasteiger partial charge in [-0.05, 0) is 32.4 Å². The summed E-state index contributed by atoms with van der Waals surface area (Å²) in [6, 6.07) is 8.28. The first-order valence-corrected chi connectivity index (χ1v) is 6.30. The van der Waals surface area contributed by atoms with E-state index >= 15 is 0 Å². The third-order valence-electron chi connectivity index (χ3n) is 2.55. The van der Waals surface area contributed by atoms with Crippen LogP contribution in [0.2, 0.25) is 0 Å². The number of benzene rings is 1. The summed E-state index contributed by atoms with van der Waals surface area (Å²) in [5.74, 6) is 0. The topological polar surface area (TPSA) is 30.5 Å². The minimum Gasteiger partial charge on any atom is -0.385 e. The highest BCUT2D eigenvalue weighted by Crippen LogP contribution is 2.13. The predicted molar refractivity (Wildman–Crippen MR) is 71.3 cm³/mol. The zero-order valence-corrected chi connectivity index (χ0v) is 11.0. The van der Waals surface area contributed by atoms with Crippen LogP contribution in [0.1, 0.15) is 25.8 Å². The van der Waals surface area contributed by atoms with Gasteiger partial charge in [-0.15, -0.1) is 0 Å². The Morgan fingerprint density at radius 3 is 2.35 bits per heavy atom. The Labute approximate surface area is 104 Å². The van der Waals surface area contributed by atoms with Crippen molar-refractivity contribution in [3.8, 4) is 0 Å². The Morgan fingerprint density at radius 1 is 1.12 bits per heavy atom. The molecule has 0 fully saturated rings. The molecule has 0 unspecified atom stereocenters. The van der Waals surface area contributed by atoms with Crippen LogP contribution in [0.5, 0.6) is 0 Å². The summed E-state index contributed by atoms with van der Waals surface area (Å²) in [6.45, 7) is 8.31. The molecule has 1 aromatic carbocycles. The van der Waals surface area contributed by atoms with Crippen LogP contribution < -0.4 is 5.32 Å². The van der Waals surface area contributed by atoms with E-state index in [2.05, 4.69) is 24.4 Å². The monoisotopic (exact) mass is 237 g/mol. The van der Waals surface area contributed by atoms with Crippen molar-refractivity contribution in [3.05, 3.63) is 29.8 Å². The Kier molecular flexibility index (Phi) is 6.67. The molecule has 0 aliphatic carbocycles. The van der Waals surface area contributed by atoms with E-state index in [1.165, 1.54) is 11.3 Å². The molecule has 0 heterocycles. The van der Waals surface area contributed by atoms with Gasteiger partial charge in [0.2, 0.25) is 0 Å². The number of ether oxygens (including phenoxy) is 2. The molecule has 0 spiro atoms. The first-order chi connectivity index (χ1) is 8.27. The molecule has 0 radical (unpaired) electrons. The summed E-state index contributed by atoms with van der Waals surface area (Å²) in [5.41, 5.74) is 2.44. The van der Waals surface area contributed by atoms with Gasteiger partial charge in [0.25, 0.3) is 0 Å². The van der Waals surface area contributed by atoms with Crippen LogP contribution in [-0.4, -0.2) is 26.0 Å². The minimum atomic E-state index is -0.0958. The molecule has 3 nitrogen and oxygen atoms in total. The molecular weight excluding hydrogens is 214 g/mol. The maximum absolute atomic E-state index is 5.49. The number of nitrogens with one attached hydrogen (secondary N) is 1. The zero-order chi connectivity index (χ0) is 12.5. The normalized spacial score (nSPS) is 10.8. The van der Waals surface area contributed by atoms with Gasteiger partial charge in [-0.2, -0.15) is 0 Å². The van der Waals surface area contributed by atoms with Crippen molar-refractivity contribution in [1.82, 2.24) is 0 Å². The number of aryl methyl sites for hydroxylation is 1. The van der Waals surface area contributed by atoms with Gasteiger partial charge in [0.05, 0.1) is 0 Å². The van der Waals surface area contributed by atoms with Crippen molar-refractivity contribution in [2.45, 2.75) is 33.5 Å². The minimum absolute atomic E-state index is 0.0958. The van der Waals surface area contributed by atoms with Crippen LogP contribution in [0, 0.1) is 6.92 Å². The van der Waals surface area contributed by atoms with Crippen molar-refractivity contribution in [2.75, 3.05) is 25.1 Å². The number of anilines is 1. The summed E-state index contributed by atoms with van der Waals surface area (Å²) in [7, 11) is 0. The van der Waals surface area contributed by atoms with Crippen LogP contribution in [0.4, 0.5) is 5.69 Å². The Hall–Kier alpha value is -1.06. The molecule has 0 atom stereocenters. The lowest BCUT2D eigenvalue weighted by Crippen LogP contribution is -2.21. The van der Waals surface area contributed by atoms with E-state index < -0.39 is 0 Å². The highest BCUT2D eigenvalue weighted by atomic mass is 16.7. The highest BCUT2D eigenvalue weighted by Gasteiger charge is 2.07. The van der Waals surface area contributed by atoms with Gasteiger partial charge in [0.15, 0.2) is 6.29 Å². The van der Waals surface area contributed by atoms with E-state index in [1.54, 1.807) is 0 Å². The van der Waals surface area contributed by atoms with Gasteiger partial charge in [-0.3, -0.25) is 0 Å². The number of rotatable bonds is 8. The van der Waals surface area contributed by atoms with Gasteiger partial charge in [0, 0.05) is 31.9 Å². The average molecular weight is 237 g/mol. The van der Waals surface area contributed by atoms with Crippen LogP contribution in [0.3, 0.4) is 0 Å². The molecule has 0 saturated heterocycles. The average Bonchev–Trinajstić information content (AvgIpc) is 2.32. The maximum Gasteiger partial charge on any atom is 0.159 e. The van der Waals surface area contributed by atoms with Gasteiger partial charge in [0.1, 0.15) is 0 Å². The van der Waals surface area contributed by atoms with Gasteiger partial charge >= 0.3 is 0 Å². The van der Waals surface area contributed by atoms with E-state index in [9.17, 15) is 0 Å². The molecule has 3 heteroatoms. The van der Waals surface area contributed by atoms with E-state index in [-0.39, 0.29) is 6.29 Å². The van der Waals surface area contributed by atoms with E-state index in [1.807, 2.05) is 26.0 Å². The van der Waals surface area contributed by atoms with Gasteiger partial charge < -0.3 is 14.8 Å². The first kappa shape index (κ1) is 14.0. The molecule has 1 aromatic rings. The first-order valence-electron chi connectivity index (χ1n) is 6.30.